The summed E-state index contributed by atoms with van der Waals surface area (Å²) in [5.74, 6) is 2.45. The second-order valence-corrected chi connectivity index (χ2v) is 4.85. The molecule has 0 amide bonds. The summed E-state index contributed by atoms with van der Waals surface area (Å²) in [6.45, 7) is 7.64. The van der Waals surface area contributed by atoms with Crippen molar-refractivity contribution in [2.45, 2.75) is 51.4 Å². The Bertz CT molecular complexity index is 335. The Balaban J connectivity index is 2.09. The van der Waals surface area contributed by atoms with E-state index in [4.69, 9.17) is 4.74 Å². The first-order chi connectivity index (χ1) is 8.35. The van der Waals surface area contributed by atoms with Crippen LogP contribution in [0.4, 0.5) is 0 Å². The van der Waals surface area contributed by atoms with E-state index in [1.165, 1.54) is 48.3 Å². The summed E-state index contributed by atoms with van der Waals surface area (Å²) in [6.07, 6.45) is 13.0. The van der Waals surface area contributed by atoms with Crippen LogP contribution in [0.3, 0.4) is 0 Å². The average molecular weight is 230 g/mol. The molecule has 0 radical (unpaired) electrons. The second-order valence-electron chi connectivity index (χ2n) is 4.85. The van der Waals surface area contributed by atoms with Crippen molar-refractivity contribution >= 4 is 0 Å². The van der Waals surface area contributed by atoms with Crippen molar-refractivity contribution in [2.75, 3.05) is 0 Å². The molecule has 2 aliphatic rings. The van der Waals surface area contributed by atoms with Crippen LogP contribution in [0, 0.1) is 0 Å². The Morgan fingerprint density at radius 2 is 1.29 bits per heavy atom. The van der Waals surface area contributed by atoms with E-state index in [9.17, 15) is 0 Å². The number of hydrogen-bond donors (Lipinski definition) is 0. The highest BCUT2D eigenvalue weighted by Gasteiger charge is 2.20. The molecular formula is C16H22O. The topological polar surface area (TPSA) is 9.23 Å². The lowest BCUT2D eigenvalue weighted by Crippen LogP contribution is -1.93. The zero-order chi connectivity index (χ0) is 12.1. The van der Waals surface area contributed by atoms with Crippen LogP contribution in [0.1, 0.15) is 51.4 Å². The second kappa shape index (κ2) is 5.90. The summed E-state index contributed by atoms with van der Waals surface area (Å²) in [6, 6.07) is 0. The molecule has 0 unspecified atom stereocenters. The van der Waals surface area contributed by atoms with Crippen LogP contribution in [-0.4, -0.2) is 0 Å². The molecule has 2 rings (SSSR count). The standard InChI is InChI=1S/C16H22O/c1-3-7-13-9-5-11-15(13)17-16-12-6-10-14(16)8-4-2/h3-4H,1-2,5-12H2. The highest BCUT2D eigenvalue weighted by Crippen LogP contribution is 2.36. The van der Waals surface area contributed by atoms with Crippen molar-refractivity contribution < 1.29 is 4.74 Å². The van der Waals surface area contributed by atoms with E-state index >= 15 is 0 Å². The number of allylic oxidation sites excluding steroid dienone is 6. The summed E-state index contributed by atoms with van der Waals surface area (Å²) in [7, 11) is 0. The molecule has 0 heterocycles. The molecule has 0 saturated heterocycles. The molecule has 0 aromatic heterocycles. The molecule has 2 aliphatic carbocycles. The number of ether oxygens (including phenoxy) is 1. The van der Waals surface area contributed by atoms with E-state index in [0.29, 0.717) is 0 Å². The Hall–Kier alpha value is -1.24. The number of rotatable bonds is 6. The van der Waals surface area contributed by atoms with Gasteiger partial charge in [-0.25, -0.2) is 0 Å². The summed E-state index contributed by atoms with van der Waals surface area (Å²) in [5.41, 5.74) is 2.91. The predicted molar refractivity (Wildman–Crippen MR) is 72.5 cm³/mol. The smallest absolute Gasteiger partial charge is 0.103 e. The first-order valence-corrected chi connectivity index (χ1v) is 6.66. The molecule has 1 nitrogen and oxygen atoms in total. The van der Waals surface area contributed by atoms with E-state index < -0.39 is 0 Å². The predicted octanol–water partition coefficient (Wildman–Crippen LogP) is 5.03. The summed E-state index contributed by atoms with van der Waals surface area (Å²) >= 11 is 0. The van der Waals surface area contributed by atoms with Gasteiger partial charge in [0.1, 0.15) is 11.5 Å². The molecule has 0 bridgehead atoms. The van der Waals surface area contributed by atoms with Gasteiger partial charge in [0.25, 0.3) is 0 Å². The molecule has 0 aromatic carbocycles. The Morgan fingerprint density at radius 1 is 0.824 bits per heavy atom. The molecule has 1 heteroatoms. The monoisotopic (exact) mass is 230 g/mol. The van der Waals surface area contributed by atoms with Gasteiger partial charge in [-0.3, -0.25) is 0 Å². The van der Waals surface area contributed by atoms with Gasteiger partial charge in [0.2, 0.25) is 0 Å². The highest BCUT2D eigenvalue weighted by atomic mass is 16.5. The molecule has 0 atom stereocenters. The Kier molecular flexibility index (Phi) is 4.24. The minimum absolute atomic E-state index is 0.986. The fraction of sp³-hybridized carbons (Fsp3) is 0.500. The molecule has 0 fully saturated rings. The maximum atomic E-state index is 6.17. The average Bonchev–Trinajstić information content (AvgIpc) is 2.92. The first kappa shape index (κ1) is 12.2. The van der Waals surface area contributed by atoms with Gasteiger partial charge in [0, 0.05) is 12.8 Å². The van der Waals surface area contributed by atoms with E-state index in [1.54, 1.807) is 0 Å². The zero-order valence-electron chi connectivity index (χ0n) is 10.6. The summed E-state index contributed by atoms with van der Waals surface area (Å²) in [5, 5.41) is 0. The molecule has 0 saturated carbocycles. The highest BCUT2D eigenvalue weighted by molar-refractivity contribution is 5.23. The minimum Gasteiger partial charge on any atom is -0.466 e. The van der Waals surface area contributed by atoms with Crippen LogP contribution in [0.15, 0.2) is 48.0 Å². The van der Waals surface area contributed by atoms with Crippen LogP contribution in [0.5, 0.6) is 0 Å². The van der Waals surface area contributed by atoms with Gasteiger partial charge in [0.15, 0.2) is 0 Å². The summed E-state index contributed by atoms with van der Waals surface area (Å²) < 4.78 is 6.17. The van der Waals surface area contributed by atoms with E-state index in [1.807, 2.05) is 12.2 Å². The molecule has 0 N–H and O–H groups in total. The third kappa shape index (κ3) is 2.91. The van der Waals surface area contributed by atoms with Gasteiger partial charge >= 0.3 is 0 Å². The maximum absolute atomic E-state index is 6.17. The molecule has 0 aliphatic heterocycles. The van der Waals surface area contributed by atoms with Crippen LogP contribution in [0.25, 0.3) is 0 Å². The van der Waals surface area contributed by atoms with Gasteiger partial charge in [0.05, 0.1) is 0 Å². The van der Waals surface area contributed by atoms with Gasteiger partial charge < -0.3 is 4.74 Å². The molecule has 0 aromatic rings. The molecule has 17 heavy (non-hydrogen) atoms. The van der Waals surface area contributed by atoms with Gasteiger partial charge in [-0.15, -0.1) is 13.2 Å². The van der Waals surface area contributed by atoms with Gasteiger partial charge in [-0.2, -0.15) is 0 Å². The quantitative estimate of drug-likeness (QED) is 0.581. The van der Waals surface area contributed by atoms with Crippen LogP contribution >= 0.6 is 0 Å². The van der Waals surface area contributed by atoms with E-state index in [-0.39, 0.29) is 0 Å². The third-order valence-corrected chi connectivity index (χ3v) is 3.58. The van der Waals surface area contributed by atoms with Gasteiger partial charge in [-0.05, 0) is 49.7 Å². The lowest BCUT2D eigenvalue weighted by atomic mass is 10.1. The van der Waals surface area contributed by atoms with Crippen molar-refractivity contribution in [1.82, 2.24) is 0 Å². The first-order valence-electron chi connectivity index (χ1n) is 6.66. The van der Waals surface area contributed by atoms with Crippen molar-refractivity contribution in [3.63, 3.8) is 0 Å². The Labute approximate surface area is 105 Å². The zero-order valence-corrected chi connectivity index (χ0v) is 10.6. The molecule has 92 valence electrons. The van der Waals surface area contributed by atoms with Gasteiger partial charge in [-0.1, -0.05) is 12.2 Å². The maximum Gasteiger partial charge on any atom is 0.103 e. The van der Waals surface area contributed by atoms with Crippen molar-refractivity contribution in [2.24, 2.45) is 0 Å². The van der Waals surface area contributed by atoms with Crippen LogP contribution in [0.2, 0.25) is 0 Å². The molecule has 0 spiro atoms. The third-order valence-electron chi connectivity index (χ3n) is 3.58. The van der Waals surface area contributed by atoms with Crippen molar-refractivity contribution in [3.05, 3.63) is 48.0 Å². The normalized spacial score (nSPS) is 20.0. The fourth-order valence-electron chi connectivity index (χ4n) is 2.73. The Morgan fingerprint density at radius 3 is 1.71 bits per heavy atom. The van der Waals surface area contributed by atoms with E-state index in [0.717, 1.165) is 25.7 Å². The largest absolute Gasteiger partial charge is 0.466 e. The van der Waals surface area contributed by atoms with Crippen LogP contribution < -0.4 is 0 Å². The van der Waals surface area contributed by atoms with Crippen LogP contribution in [-0.2, 0) is 4.74 Å². The van der Waals surface area contributed by atoms with Crippen molar-refractivity contribution in [1.29, 1.82) is 0 Å². The number of hydrogen-bond acceptors (Lipinski definition) is 1. The lowest BCUT2D eigenvalue weighted by Gasteiger charge is -2.12. The van der Waals surface area contributed by atoms with E-state index in [2.05, 4.69) is 13.2 Å². The fourth-order valence-corrected chi connectivity index (χ4v) is 2.73. The minimum atomic E-state index is 0.986. The lowest BCUT2D eigenvalue weighted by molar-refractivity contribution is 0.281. The SMILES string of the molecule is C=CCC1=C(OC2=C(CC=C)CCC2)CCC1. The molecular weight excluding hydrogens is 208 g/mol. The van der Waals surface area contributed by atoms with Crippen molar-refractivity contribution in [3.8, 4) is 0 Å². The summed E-state index contributed by atoms with van der Waals surface area (Å²) in [4.78, 5) is 0.